The van der Waals surface area contributed by atoms with E-state index in [0.29, 0.717) is 6.04 Å². The second-order valence-electron chi connectivity index (χ2n) is 7.95. The third kappa shape index (κ3) is 3.19. The number of hydrogen-bond acceptors (Lipinski definition) is 1. The van der Waals surface area contributed by atoms with Gasteiger partial charge in [-0.25, -0.2) is 0 Å². The molecule has 0 aliphatic carbocycles. The van der Waals surface area contributed by atoms with Crippen LogP contribution in [0.25, 0.3) is 10.9 Å². The molecule has 2 heteroatoms. The lowest BCUT2D eigenvalue weighted by Crippen LogP contribution is -2.36. The van der Waals surface area contributed by atoms with Crippen molar-refractivity contribution in [2.45, 2.75) is 52.6 Å². The number of H-pyrrole nitrogens is 1. The Kier molecular flexibility index (Phi) is 4.86. The fraction of sp³-hybridized carbons (Fsp3) is 0.417. The van der Waals surface area contributed by atoms with Gasteiger partial charge in [0.05, 0.1) is 0 Å². The molecular formula is C24H30N2. The number of nitrogens with zero attached hydrogens (tertiary/aromatic N) is 1. The smallest absolute Gasteiger partial charge is 0.0487 e. The number of nitrogens with one attached hydrogen (secondary N) is 1. The van der Waals surface area contributed by atoms with Crippen LogP contribution in [0.4, 0.5) is 0 Å². The molecule has 4 rings (SSSR count). The minimum Gasteiger partial charge on any atom is -0.361 e. The predicted octanol–water partition coefficient (Wildman–Crippen LogP) is 6.15. The van der Waals surface area contributed by atoms with E-state index in [2.05, 4.69) is 79.3 Å². The van der Waals surface area contributed by atoms with Crippen LogP contribution in [0.2, 0.25) is 0 Å². The normalized spacial score (nSPS) is 21.3. The average molecular weight is 347 g/mol. The largest absolute Gasteiger partial charge is 0.361 e. The number of benzene rings is 2. The zero-order valence-corrected chi connectivity index (χ0v) is 16.3. The minimum absolute atomic E-state index is 0.532. The highest BCUT2D eigenvalue weighted by Gasteiger charge is 2.29. The van der Waals surface area contributed by atoms with Gasteiger partial charge in [0, 0.05) is 29.7 Å². The molecule has 26 heavy (non-hydrogen) atoms. The molecule has 0 spiro atoms. The molecule has 1 saturated heterocycles. The van der Waals surface area contributed by atoms with E-state index in [9.17, 15) is 0 Å². The van der Waals surface area contributed by atoms with Gasteiger partial charge in [0.15, 0.2) is 0 Å². The van der Waals surface area contributed by atoms with E-state index in [1.807, 2.05) is 0 Å². The van der Waals surface area contributed by atoms with Gasteiger partial charge in [-0.1, -0.05) is 49.7 Å². The van der Waals surface area contributed by atoms with Crippen molar-refractivity contribution < 1.29 is 0 Å². The Morgan fingerprint density at radius 1 is 1.08 bits per heavy atom. The summed E-state index contributed by atoms with van der Waals surface area (Å²) in [4.78, 5) is 6.15. The van der Waals surface area contributed by atoms with Crippen molar-refractivity contribution in [1.29, 1.82) is 0 Å². The number of piperidine rings is 1. The molecule has 2 aromatic carbocycles. The van der Waals surface area contributed by atoms with Gasteiger partial charge in [0.2, 0.25) is 0 Å². The number of aromatic amines is 1. The third-order valence-corrected chi connectivity index (χ3v) is 6.32. The Hall–Kier alpha value is -2.06. The Labute approximate surface area is 157 Å². The van der Waals surface area contributed by atoms with E-state index < -0.39 is 0 Å². The van der Waals surface area contributed by atoms with Gasteiger partial charge in [-0.15, -0.1) is 0 Å². The van der Waals surface area contributed by atoms with Crippen LogP contribution in [-0.2, 0) is 6.54 Å². The van der Waals surface area contributed by atoms with Crippen molar-refractivity contribution >= 4 is 10.9 Å². The van der Waals surface area contributed by atoms with Crippen LogP contribution in [0.3, 0.4) is 0 Å². The molecular weight excluding hydrogens is 316 g/mol. The minimum atomic E-state index is 0.532. The van der Waals surface area contributed by atoms with Gasteiger partial charge >= 0.3 is 0 Å². The van der Waals surface area contributed by atoms with Gasteiger partial charge in [-0.3, -0.25) is 4.90 Å². The van der Waals surface area contributed by atoms with Crippen LogP contribution in [0.5, 0.6) is 0 Å². The number of hydrogen-bond donors (Lipinski definition) is 1. The molecule has 2 nitrogen and oxygen atoms in total. The monoisotopic (exact) mass is 346 g/mol. The maximum absolute atomic E-state index is 3.43. The maximum Gasteiger partial charge on any atom is 0.0487 e. The van der Waals surface area contributed by atoms with Crippen molar-refractivity contribution in [1.82, 2.24) is 9.88 Å². The summed E-state index contributed by atoms with van der Waals surface area (Å²) in [5.74, 6) is 0.850. The first-order chi connectivity index (χ1) is 12.7. The standard InChI is InChI=1S/C24H30N2/c1-4-19-11-13-26(23(15-19)20-8-6-5-7-9-20)16-22-17(2)14-18(3)24-21(22)10-12-25-24/h5-10,12,14,19,23,25H,4,11,13,15-16H2,1-3H3. The Bertz CT molecular complexity index is 878. The molecule has 2 unspecified atom stereocenters. The molecule has 0 amide bonds. The summed E-state index contributed by atoms with van der Waals surface area (Å²) in [5.41, 5.74) is 7.02. The first kappa shape index (κ1) is 17.4. The van der Waals surface area contributed by atoms with Crippen LogP contribution in [0.1, 0.15) is 54.5 Å². The molecule has 1 fully saturated rings. The zero-order chi connectivity index (χ0) is 18.1. The summed E-state index contributed by atoms with van der Waals surface area (Å²) in [7, 11) is 0. The van der Waals surface area contributed by atoms with Gasteiger partial charge in [-0.2, -0.15) is 0 Å². The number of fused-ring (bicyclic) bond motifs is 1. The molecule has 1 N–H and O–H groups in total. The summed E-state index contributed by atoms with van der Waals surface area (Å²) in [6.07, 6.45) is 5.98. The van der Waals surface area contributed by atoms with E-state index in [-0.39, 0.29) is 0 Å². The molecule has 2 atom stereocenters. The number of aryl methyl sites for hydroxylation is 2. The molecule has 1 aliphatic rings. The number of likely N-dealkylation sites (tertiary alicyclic amines) is 1. The summed E-state index contributed by atoms with van der Waals surface area (Å²) < 4.78 is 0. The van der Waals surface area contributed by atoms with Gasteiger partial charge in [-0.05, 0) is 67.5 Å². The topological polar surface area (TPSA) is 19.0 Å². The van der Waals surface area contributed by atoms with E-state index >= 15 is 0 Å². The van der Waals surface area contributed by atoms with Gasteiger partial charge < -0.3 is 4.98 Å². The lowest BCUT2D eigenvalue weighted by molar-refractivity contribution is 0.103. The van der Waals surface area contributed by atoms with E-state index in [4.69, 9.17) is 0 Å². The second-order valence-corrected chi connectivity index (χ2v) is 7.95. The molecule has 0 bridgehead atoms. The maximum atomic E-state index is 3.43. The first-order valence-corrected chi connectivity index (χ1v) is 10.0. The van der Waals surface area contributed by atoms with Crippen LogP contribution in [-0.4, -0.2) is 16.4 Å². The lowest BCUT2D eigenvalue weighted by Gasteiger charge is -2.40. The highest BCUT2D eigenvalue weighted by atomic mass is 15.2. The zero-order valence-electron chi connectivity index (χ0n) is 16.3. The molecule has 3 aromatic rings. The van der Waals surface area contributed by atoms with Crippen molar-refractivity contribution in [2.75, 3.05) is 6.54 Å². The molecule has 0 radical (unpaired) electrons. The fourth-order valence-corrected chi connectivity index (χ4v) is 4.73. The SMILES string of the molecule is CCC1CCN(Cc2c(C)cc(C)c3[nH]ccc23)C(c2ccccc2)C1. The molecule has 136 valence electrons. The Morgan fingerprint density at radius 2 is 1.88 bits per heavy atom. The van der Waals surface area contributed by atoms with Crippen molar-refractivity contribution in [2.24, 2.45) is 5.92 Å². The van der Waals surface area contributed by atoms with Crippen molar-refractivity contribution in [3.63, 3.8) is 0 Å². The summed E-state index contributed by atoms with van der Waals surface area (Å²) in [5, 5.41) is 1.40. The van der Waals surface area contributed by atoms with Crippen LogP contribution >= 0.6 is 0 Å². The molecule has 2 heterocycles. The fourth-order valence-electron chi connectivity index (χ4n) is 4.73. The van der Waals surface area contributed by atoms with Crippen LogP contribution in [0.15, 0.2) is 48.7 Å². The summed E-state index contributed by atoms with van der Waals surface area (Å²) >= 11 is 0. The highest BCUT2D eigenvalue weighted by molar-refractivity contribution is 5.86. The van der Waals surface area contributed by atoms with Crippen molar-refractivity contribution in [3.8, 4) is 0 Å². The highest BCUT2D eigenvalue weighted by Crippen LogP contribution is 2.37. The molecule has 1 aliphatic heterocycles. The second kappa shape index (κ2) is 7.28. The van der Waals surface area contributed by atoms with Gasteiger partial charge in [0.1, 0.15) is 0 Å². The average Bonchev–Trinajstić information content (AvgIpc) is 3.16. The molecule has 1 aromatic heterocycles. The number of rotatable bonds is 4. The Balaban J connectivity index is 1.69. The van der Waals surface area contributed by atoms with Crippen LogP contribution in [0, 0.1) is 19.8 Å². The van der Waals surface area contributed by atoms with Crippen molar-refractivity contribution in [3.05, 3.63) is 70.9 Å². The van der Waals surface area contributed by atoms with E-state index in [1.54, 1.807) is 0 Å². The molecule has 0 saturated carbocycles. The predicted molar refractivity (Wildman–Crippen MR) is 110 cm³/mol. The summed E-state index contributed by atoms with van der Waals surface area (Å²) in [6, 6.07) is 16.2. The quantitative estimate of drug-likeness (QED) is 0.600. The van der Waals surface area contributed by atoms with Crippen LogP contribution < -0.4 is 0 Å². The third-order valence-electron chi connectivity index (χ3n) is 6.32. The lowest BCUT2D eigenvalue weighted by atomic mass is 9.85. The van der Waals surface area contributed by atoms with E-state index in [1.165, 1.54) is 59.0 Å². The number of aromatic nitrogens is 1. The van der Waals surface area contributed by atoms with E-state index in [0.717, 1.165) is 12.5 Å². The Morgan fingerprint density at radius 3 is 2.65 bits per heavy atom. The first-order valence-electron chi connectivity index (χ1n) is 10.0. The van der Waals surface area contributed by atoms with Gasteiger partial charge in [0.25, 0.3) is 0 Å². The summed E-state index contributed by atoms with van der Waals surface area (Å²) in [6.45, 7) is 9.05.